The Morgan fingerprint density at radius 1 is 1.17 bits per heavy atom. The van der Waals surface area contributed by atoms with Crippen molar-refractivity contribution in [1.29, 1.82) is 0 Å². The molecule has 1 amide bonds. The molecule has 2 aromatic carbocycles. The minimum atomic E-state index is -3.80. The number of amides is 1. The topological polar surface area (TPSA) is 117 Å². The number of anilines is 1. The van der Waals surface area contributed by atoms with Crippen molar-refractivity contribution in [3.8, 4) is 0 Å². The predicted octanol–water partition coefficient (Wildman–Crippen LogP) is 5.40. The first-order chi connectivity index (χ1) is 21.9. The lowest BCUT2D eigenvalue weighted by molar-refractivity contribution is -0.117. The summed E-state index contributed by atoms with van der Waals surface area (Å²) in [7, 11) is -3.80. The van der Waals surface area contributed by atoms with E-state index in [-0.39, 0.29) is 41.1 Å². The SMILES string of the molecule is C=C/C(Cl)=C\C=C(/C)[C@@H](c1cc(F)cc(F)c1)[C@H](N)C(=O)Nc1cncc(F)c1CC[C@H]1CNCCN1S(=O)(=O)c1ccccc1. The molecule has 2 heterocycles. The standard InChI is InChI=1S/C33H35ClF3N5O3S/c1-3-23(34)10-9-21(2)31(22-15-24(35)17-25(36)16-22)32(38)33(43)41-30-20-40-19-29(37)28(30)12-11-26-18-39-13-14-42(26)46(44,45)27-7-5-4-6-8-27/h3-10,15-17,19-20,26,31-32,39H,1,11-14,18,38H2,2H3,(H,41,43)/b21-9+,23-10+/t26-,31-,32-/m0/s1. The van der Waals surface area contributed by atoms with Gasteiger partial charge >= 0.3 is 0 Å². The predicted molar refractivity (Wildman–Crippen MR) is 173 cm³/mol. The molecule has 8 nitrogen and oxygen atoms in total. The van der Waals surface area contributed by atoms with Gasteiger partial charge in [-0.3, -0.25) is 9.78 Å². The smallest absolute Gasteiger partial charge is 0.243 e. The van der Waals surface area contributed by atoms with Crippen LogP contribution in [0.3, 0.4) is 0 Å². The Kier molecular flexibility index (Phi) is 11.9. The number of carbonyl (C=O) groups excluding carboxylic acids is 1. The summed E-state index contributed by atoms with van der Waals surface area (Å²) in [6, 6.07) is 9.09. The summed E-state index contributed by atoms with van der Waals surface area (Å²) in [6.07, 6.45) is 7.04. The Morgan fingerprint density at radius 3 is 2.54 bits per heavy atom. The number of allylic oxidation sites excluding steroid dienone is 4. The molecule has 13 heteroatoms. The van der Waals surface area contributed by atoms with Crippen LogP contribution in [0.2, 0.25) is 0 Å². The van der Waals surface area contributed by atoms with Crippen molar-refractivity contribution >= 4 is 33.2 Å². The van der Waals surface area contributed by atoms with Gasteiger partial charge in [0.1, 0.15) is 17.5 Å². The highest BCUT2D eigenvalue weighted by molar-refractivity contribution is 7.89. The maximum atomic E-state index is 15.2. The van der Waals surface area contributed by atoms with Gasteiger partial charge in [0, 0.05) is 48.3 Å². The van der Waals surface area contributed by atoms with Crippen LogP contribution in [0.25, 0.3) is 0 Å². The third kappa shape index (κ3) is 8.51. The van der Waals surface area contributed by atoms with E-state index in [1.807, 2.05) is 0 Å². The second-order valence-corrected chi connectivity index (χ2v) is 13.2. The molecule has 1 saturated heterocycles. The second kappa shape index (κ2) is 15.7. The van der Waals surface area contributed by atoms with Crippen LogP contribution in [0.1, 0.15) is 30.4 Å². The van der Waals surface area contributed by atoms with Gasteiger partial charge in [0.05, 0.1) is 29.0 Å². The highest BCUT2D eigenvalue weighted by Crippen LogP contribution is 2.31. The molecule has 1 aliphatic rings. The number of hydrogen-bond donors (Lipinski definition) is 3. The largest absolute Gasteiger partial charge is 0.323 e. The van der Waals surface area contributed by atoms with E-state index in [2.05, 4.69) is 22.2 Å². The molecular formula is C33H35ClF3N5O3S. The van der Waals surface area contributed by atoms with Crippen LogP contribution < -0.4 is 16.4 Å². The number of halogens is 4. The van der Waals surface area contributed by atoms with Crippen molar-refractivity contribution in [2.75, 3.05) is 25.0 Å². The molecule has 46 heavy (non-hydrogen) atoms. The van der Waals surface area contributed by atoms with E-state index in [0.29, 0.717) is 29.8 Å². The van der Waals surface area contributed by atoms with Crippen molar-refractivity contribution in [3.63, 3.8) is 0 Å². The number of rotatable bonds is 12. The number of carbonyl (C=O) groups is 1. The van der Waals surface area contributed by atoms with Gasteiger partial charge in [-0.25, -0.2) is 21.6 Å². The van der Waals surface area contributed by atoms with E-state index in [9.17, 15) is 22.0 Å². The molecule has 0 radical (unpaired) electrons. The zero-order valence-electron chi connectivity index (χ0n) is 25.1. The molecule has 4 rings (SSSR count). The lowest BCUT2D eigenvalue weighted by atomic mass is 9.84. The second-order valence-electron chi connectivity index (χ2n) is 10.8. The first-order valence-corrected chi connectivity index (χ1v) is 16.3. The van der Waals surface area contributed by atoms with Crippen LogP contribution >= 0.6 is 11.6 Å². The van der Waals surface area contributed by atoms with Crippen molar-refractivity contribution in [1.82, 2.24) is 14.6 Å². The van der Waals surface area contributed by atoms with Gasteiger partial charge < -0.3 is 16.4 Å². The summed E-state index contributed by atoms with van der Waals surface area (Å²) in [4.78, 5) is 17.6. The summed E-state index contributed by atoms with van der Waals surface area (Å²) in [5.41, 5.74) is 7.15. The van der Waals surface area contributed by atoms with Crippen LogP contribution in [0, 0.1) is 17.5 Å². The van der Waals surface area contributed by atoms with E-state index in [0.717, 1.165) is 18.3 Å². The molecule has 1 aliphatic heterocycles. The lowest BCUT2D eigenvalue weighted by Crippen LogP contribution is -2.53. The van der Waals surface area contributed by atoms with Gasteiger partial charge in [0.25, 0.3) is 0 Å². The number of hydrogen-bond acceptors (Lipinski definition) is 6. The summed E-state index contributed by atoms with van der Waals surface area (Å²) in [5.74, 6) is -4.15. The fourth-order valence-electron chi connectivity index (χ4n) is 5.43. The maximum absolute atomic E-state index is 15.2. The summed E-state index contributed by atoms with van der Waals surface area (Å²) < 4.78 is 71.9. The number of aromatic nitrogens is 1. The van der Waals surface area contributed by atoms with E-state index in [4.69, 9.17) is 17.3 Å². The van der Waals surface area contributed by atoms with Crippen LogP contribution in [0.5, 0.6) is 0 Å². The highest BCUT2D eigenvalue weighted by atomic mass is 35.5. The molecule has 3 aromatic rings. The fraction of sp³-hybridized carbons (Fsp3) is 0.273. The maximum Gasteiger partial charge on any atom is 0.243 e. The first-order valence-electron chi connectivity index (χ1n) is 14.5. The Hall–Kier alpha value is -3.81. The molecule has 0 spiro atoms. The Balaban J connectivity index is 1.59. The number of benzene rings is 2. The quantitative estimate of drug-likeness (QED) is 0.222. The van der Waals surface area contributed by atoms with Crippen LogP contribution in [-0.2, 0) is 21.2 Å². The van der Waals surface area contributed by atoms with Gasteiger partial charge in [-0.1, -0.05) is 54.1 Å². The number of nitrogens with one attached hydrogen (secondary N) is 2. The average Bonchev–Trinajstić information content (AvgIpc) is 3.03. The molecule has 0 saturated carbocycles. The summed E-state index contributed by atoms with van der Waals surface area (Å²) in [5, 5.41) is 6.12. The number of nitrogens with zero attached hydrogens (tertiary/aromatic N) is 2. The van der Waals surface area contributed by atoms with E-state index >= 15 is 4.39 Å². The number of sulfonamides is 1. The third-order valence-electron chi connectivity index (χ3n) is 7.73. The van der Waals surface area contributed by atoms with Gasteiger partial charge in [-0.05, 0) is 55.7 Å². The molecule has 3 atom stereocenters. The normalized spacial score (nSPS) is 17.7. The van der Waals surface area contributed by atoms with E-state index in [1.165, 1.54) is 34.8 Å². The van der Waals surface area contributed by atoms with Crippen LogP contribution in [0.15, 0.2) is 101 Å². The molecule has 1 fully saturated rings. The Bertz CT molecular complexity index is 1720. The number of pyridine rings is 1. The lowest BCUT2D eigenvalue weighted by Gasteiger charge is -2.35. The van der Waals surface area contributed by atoms with Crippen molar-refractivity contribution < 1.29 is 26.4 Å². The molecule has 4 N–H and O–H groups in total. The first kappa shape index (κ1) is 35.1. The van der Waals surface area contributed by atoms with Gasteiger partial charge in [-0.15, -0.1) is 0 Å². The number of piperazine rings is 1. The monoisotopic (exact) mass is 673 g/mol. The van der Waals surface area contributed by atoms with Crippen molar-refractivity contribution in [2.24, 2.45) is 5.73 Å². The zero-order chi connectivity index (χ0) is 33.4. The van der Waals surface area contributed by atoms with Gasteiger partial charge in [0.2, 0.25) is 15.9 Å². The van der Waals surface area contributed by atoms with E-state index < -0.39 is 51.4 Å². The Morgan fingerprint density at radius 2 is 1.87 bits per heavy atom. The minimum absolute atomic E-state index is 0.0436. The minimum Gasteiger partial charge on any atom is -0.323 e. The van der Waals surface area contributed by atoms with Crippen LogP contribution in [0.4, 0.5) is 18.9 Å². The van der Waals surface area contributed by atoms with Crippen molar-refractivity contribution in [2.45, 2.75) is 42.7 Å². The van der Waals surface area contributed by atoms with Gasteiger partial charge in [0.15, 0.2) is 0 Å². The zero-order valence-corrected chi connectivity index (χ0v) is 26.7. The molecule has 0 aliphatic carbocycles. The summed E-state index contributed by atoms with van der Waals surface area (Å²) >= 11 is 6.03. The molecule has 1 aromatic heterocycles. The van der Waals surface area contributed by atoms with E-state index in [1.54, 1.807) is 31.2 Å². The molecule has 0 bridgehead atoms. The fourth-order valence-corrected chi connectivity index (χ4v) is 7.16. The molecular weight excluding hydrogens is 639 g/mol. The number of nitrogens with two attached hydrogens (primary N) is 1. The summed E-state index contributed by atoms with van der Waals surface area (Å²) in [6.45, 7) is 6.26. The van der Waals surface area contributed by atoms with Crippen molar-refractivity contribution in [3.05, 3.63) is 125 Å². The molecule has 244 valence electrons. The molecule has 0 unspecified atom stereocenters. The third-order valence-corrected chi connectivity index (χ3v) is 9.98. The Labute approximate surface area is 271 Å². The highest BCUT2D eigenvalue weighted by Gasteiger charge is 2.34. The average molecular weight is 674 g/mol. The van der Waals surface area contributed by atoms with Gasteiger partial charge in [-0.2, -0.15) is 4.31 Å². The van der Waals surface area contributed by atoms with Crippen LogP contribution in [-0.4, -0.2) is 55.3 Å².